The second-order valence-electron chi connectivity index (χ2n) is 6.76. The Kier molecular flexibility index (Phi) is 7.50. The summed E-state index contributed by atoms with van der Waals surface area (Å²) in [6.07, 6.45) is 4.10. The molecular formula is C21H26IN5S. The highest BCUT2D eigenvalue weighted by Crippen LogP contribution is 2.24. The highest BCUT2D eigenvalue weighted by Gasteiger charge is 2.20. The predicted octanol–water partition coefficient (Wildman–Crippen LogP) is 4.25. The lowest BCUT2D eigenvalue weighted by atomic mass is 10.1. The normalized spacial score (nSPS) is 15.3. The Bertz CT molecular complexity index is 899. The summed E-state index contributed by atoms with van der Waals surface area (Å²) in [5, 5.41) is 12.9. The number of nitrogens with one attached hydrogen (secondary N) is 2. The molecule has 5 nitrogen and oxygen atoms in total. The van der Waals surface area contributed by atoms with Gasteiger partial charge in [-0.05, 0) is 41.8 Å². The molecule has 4 rings (SSSR count). The summed E-state index contributed by atoms with van der Waals surface area (Å²) in [4.78, 5) is 11.4. The number of aromatic nitrogens is 1. The van der Waals surface area contributed by atoms with Crippen LogP contribution in [-0.2, 0) is 6.54 Å². The average Bonchev–Trinajstić information content (AvgIpc) is 3.26. The van der Waals surface area contributed by atoms with Crippen molar-refractivity contribution in [3.8, 4) is 0 Å². The van der Waals surface area contributed by atoms with E-state index in [4.69, 9.17) is 0 Å². The first kappa shape index (κ1) is 20.9. The second kappa shape index (κ2) is 10.1. The third kappa shape index (κ3) is 4.94. The molecule has 0 saturated carbocycles. The molecule has 1 aliphatic rings. The van der Waals surface area contributed by atoms with Crippen LogP contribution < -0.4 is 15.5 Å². The minimum atomic E-state index is 0. The van der Waals surface area contributed by atoms with Crippen LogP contribution in [0.3, 0.4) is 0 Å². The van der Waals surface area contributed by atoms with Crippen LogP contribution in [0.15, 0.2) is 59.0 Å². The van der Waals surface area contributed by atoms with Crippen molar-refractivity contribution >= 4 is 57.0 Å². The van der Waals surface area contributed by atoms with Crippen molar-refractivity contribution in [2.24, 2.45) is 4.99 Å². The number of anilines is 1. The summed E-state index contributed by atoms with van der Waals surface area (Å²) >= 11 is 1.82. The van der Waals surface area contributed by atoms with E-state index in [2.05, 4.69) is 67.3 Å². The van der Waals surface area contributed by atoms with E-state index < -0.39 is 0 Å². The summed E-state index contributed by atoms with van der Waals surface area (Å²) < 4.78 is 0. The third-order valence-corrected chi connectivity index (χ3v) is 5.99. The van der Waals surface area contributed by atoms with Crippen LogP contribution in [0.5, 0.6) is 0 Å². The first-order valence-corrected chi connectivity index (χ1v) is 10.3. The number of aliphatic imine (C=N–C) groups is 1. The monoisotopic (exact) mass is 507 g/mol. The molecule has 7 heteroatoms. The number of thiophene rings is 1. The molecule has 0 radical (unpaired) electrons. The van der Waals surface area contributed by atoms with E-state index in [1.807, 2.05) is 30.6 Å². The fourth-order valence-corrected chi connectivity index (χ4v) is 4.36. The van der Waals surface area contributed by atoms with Gasteiger partial charge in [-0.15, -0.1) is 35.3 Å². The topological polar surface area (TPSA) is 52.6 Å². The number of pyridine rings is 1. The molecular weight excluding hydrogens is 481 g/mol. The molecule has 1 aliphatic heterocycles. The summed E-state index contributed by atoms with van der Waals surface area (Å²) in [6.45, 7) is 2.83. The first-order valence-electron chi connectivity index (χ1n) is 9.42. The van der Waals surface area contributed by atoms with Gasteiger partial charge in [-0.3, -0.25) is 9.98 Å². The van der Waals surface area contributed by atoms with E-state index in [1.54, 1.807) is 0 Å². The van der Waals surface area contributed by atoms with Gasteiger partial charge in [-0.1, -0.05) is 24.3 Å². The molecule has 2 aromatic heterocycles. The second-order valence-corrected chi connectivity index (χ2v) is 7.69. The Morgan fingerprint density at radius 3 is 2.75 bits per heavy atom. The van der Waals surface area contributed by atoms with Crippen LogP contribution in [-0.4, -0.2) is 37.1 Å². The number of piperidine rings is 1. The van der Waals surface area contributed by atoms with Crippen molar-refractivity contribution in [1.29, 1.82) is 0 Å². The van der Waals surface area contributed by atoms with E-state index in [0.29, 0.717) is 12.6 Å². The number of hydrogen-bond acceptors (Lipinski definition) is 4. The Labute approximate surface area is 187 Å². The number of nitrogens with zero attached hydrogens (tertiary/aromatic N) is 3. The maximum absolute atomic E-state index is 4.55. The lowest BCUT2D eigenvalue weighted by Crippen LogP contribution is -2.48. The number of rotatable bonds is 4. The fraction of sp³-hybridized carbons (Fsp3) is 0.333. The van der Waals surface area contributed by atoms with Gasteiger partial charge < -0.3 is 15.5 Å². The largest absolute Gasteiger partial charge is 0.363 e. The van der Waals surface area contributed by atoms with Crippen LogP contribution in [0, 0.1) is 0 Å². The molecule has 1 aromatic carbocycles. The van der Waals surface area contributed by atoms with Crippen molar-refractivity contribution in [3.63, 3.8) is 0 Å². The van der Waals surface area contributed by atoms with Gasteiger partial charge in [0, 0.05) is 37.8 Å². The zero-order valence-electron chi connectivity index (χ0n) is 16.0. The molecule has 148 valence electrons. The third-order valence-electron chi connectivity index (χ3n) is 5.06. The molecule has 0 unspecified atom stereocenters. The number of benzene rings is 1. The highest BCUT2D eigenvalue weighted by atomic mass is 127. The number of guanidine groups is 1. The first-order chi connectivity index (χ1) is 13.3. The predicted molar refractivity (Wildman–Crippen MR) is 130 cm³/mol. The van der Waals surface area contributed by atoms with Gasteiger partial charge >= 0.3 is 0 Å². The van der Waals surface area contributed by atoms with E-state index in [-0.39, 0.29) is 24.0 Å². The minimum absolute atomic E-state index is 0. The number of hydrogen-bond donors (Lipinski definition) is 2. The molecule has 0 amide bonds. The smallest absolute Gasteiger partial charge is 0.191 e. The molecule has 3 aromatic rings. The number of fused-ring (bicyclic) bond motifs is 1. The van der Waals surface area contributed by atoms with Gasteiger partial charge in [0.25, 0.3) is 0 Å². The Hall–Kier alpha value is -1.87. The summed E-state index contributed by atoms with van der Waals surface area (Å²) in [5.74, 6) is 0.847. The lowest BCUT2D eigenvalue weighted by Gasteiger charge is -2.33. The molecule has 0 atom stereocenters. The van der Waals surface area contributed by atoms with Crippen LogP contribution in [0.4, 0.5) is 5.00 Å². The molecule has 1 saturated heterocycles. The Morgan fingerprint density at radius 2 is 2.00 bits per heavy atom. The van der Waals surface area contributed by atoms with Gasteiger partial charge in [-0.25, -0.2) is 0 Å². The van der Waals surface area contributed by atoms with Gasteiger partial charge in [-0.2, -0.15) is 0 Å². The quantitative estimate of drug-likeness (QED) is 0.315. The molecule has 0 aliphatic carbocycles. The highest BCUT2D eigenvalue weighted by molar-refractivity contribution is 14.0. The Morgan fingerprint density at radius 1 is 1.18 bits per heavy atom. The van der Waals surface area contributed by atoms with Crippen molar-refractivity contribution in [2.45, 2.75) is 25.4 Å². The molecule has 1 fully saturated rings. The van der Waals surface area contributed by atoms with Gasteiger partial charge in [0.2, 0.25) is 0 Å². The summed E-state index contributed by atoms with van der Waals surface area (Å²) in [7, 11) is 1.83. The van der Waals surface area contributed by atoms with Crippen LogP contribution in [0.1, 0.15) is 18.5 Å². The molecule has 0 spiro atoms. The average molecular weight is 507 g/mol. The maximum atomic E-state index is 4.55. The van der Waals surface area contributed by atoms with Crippen molar-refractivity contribution < 1.29 is 0 Å². The number of halogens is 1. The zero-order chi connectivity index (χ0) is 18.5. The van der Waals surface area contributed by atoms with Gasteiger partial charge in [0.1, 0.15) is 0 Å². The fourth-order valence-electron chi connectivity index (χ4n) is 3.57. The zero-order valence-corrected chi connectivity index (χ0v) is 19.1. The summed E-state index contributed by atoms with van der Waals surface area (Å²) in [6, 6.07) is 15.2. The molecule has 28 heavy (non-hydrogen) atoms. The van der Waals surface area contributed by atoms with Crippen LogP contribution in [0.2, 0.25) is 0 Å². The van der Waals surface area contributed by atoms with Gasteiger partial charge in [0.15, 0.2) is 5.96 Å². The lowest BCUT2D eigenvalue weighted by molar-refractivity contribution is 0.462. The van der Waals surface area contributed by atoms with E-state index in [9.17, 15) is 0 Å². The van der Waals surface area contributed by atoms with Crippen molar-refractivity contribution in [3.05, 3.63) is 59.7 Å². The maximum Gasteiger partial charge on any atom is 0.191 e. The van der Waals surface area contributed by atoms with Crippen molar-refractivity contribution in [2.75, 3.05) is 25.0 Å². The Balaban J connectivity index is 0.00000225. The molecule has 0 bridgehead atoms. The standard InChI is InChI=1S/C21H25N5S.HI/c1-22-21(24-15-19-18-6-3-2-5-16(18)8-11-23-19)25-17-9-12-26(13-10-17)20-7-4-14-27-20;/h2-8,11,14,17H,9-10,12-13,15H2,1H3,(H2,22,24,25);1H. The minimum Gasteiger partial charge on any atom is -0.363 e. The van der Waals surface area contributed by atoms with E-state index in [1.165, 1.54) is 15.8 Å². The van der Waals surface area contributed by atoms with E-state index >= 15 is 0 Å². The molecule has 2 N–H and O–H groups in total. The van der Waals surface area contributed by atoms with Crippen LogP contribution >= 0.6 is 35.3 Å². The van der Waals surface area contributed by atoms with Gasteiger partial charge in [0.05, 0.1) is 17.2 Å². The van der Waals surface area contributed by atoms with Crippen molar-refractivity contribution in [1.82, 2.24) is 15.6 Å². The summed E-state index contributed by atoms with van der Waals surface area (Å²) in [5.41, 5.74) is 1.04. The molecule has 3 heterocycles. The SMILES string of the molecule is CN=C(NCc1nccc2ccccc12)NC1CCN(c2cccs2)CC1.I. The van der Waals surface area contributed by atoms with Crippen LogP contribution in [0.25, 0.3) is 10.8 Å². The van der Waals surface area contributed by atoms with E-state index in [0.717, 1.165) is 37.6 Å².